The minimum Gasteiger partial charge on any atom is -0.351 e. The van der Waals surface area contributed by atoms with Crippen molar-refractivity contribution in [2.45, 2.75) is 117 Å². The van der Waals surface area contributed by atoms with Crippen LogP contribution in [0.4, 0.5) is 0 Å². The third kappa shape index (κ3) is 11.8. The molecular weight excluding hydrogens is 370 g/mol. The molecule has 30 heavy (non-hydrogen) atoms. The highest BCUT2D eigenvalue weighted by Gasteiger charge is 2.34. The van der Waals surface area contributed by atoms with Crippen molar-refractivity contribution in [2.75, 3.05) is 19.6 Å². The smallest absolute Gasteiger partial charge is 0.217 e. The summed E-state index contributed by atoms with van der Waals surface area (Å²) in [7, 11) is 0. The number of quaternary nitrogens is 1. The van der Waals surface area contributed by atoms with Crippen LogP contribution in [0.2, 0.25) is 0 Å². The molecule has 4 nitrogen and oxygen atoms in total. The lowest BCUT2D eigenvalue weighted by Crippen LogP contribution is -2.54. The molecule has 0 aliphatic carbocycles. The molecule has 0 aromatic heterocycles. The summed E-state index contributed by atoms with van der Waals surface area (Å²) in [5.41, 5.74) is 0. The van der Waals surface area contributed by atoms with E-state index in [1.807, 2.05) is 0 Å². The van der Waals surface area contributed by atoms with Crippen molar-refractivity contribution in [3.8, 4) is 0 Å². The summed E-state index contributed by atoms with van der Waals surface area (Å²) < 4.78 is 0.870. The van der Waals surface area contributed by atoms with Gasteiger partial charge in [0.05, 0.1) is 19.3 Å². The van der Waals surface area contributed by atoms with Crippen molar-refractivity contribution >= 4 is 5.91 Å². The predicted molar refractivity (Wildman–Crippen MR) is 130 cm³/mol. The minimum atomic E-state index is 0.0508. The van der Waals surface area contributed by atoms with Crippen LogP contribution in [-0.4, -0.2) is 36.2 Å². The molecule has 0 fully saturated rings. The number of hydrogen-bond acceptors (Lipinski definition) is 2. The summed E-state index contributed by atoms with van der Waals surface area (Å²) in [5, 5.41) is 6.41. The molecule has 0 aromatic carbocycles. The second-order valence-electron chi connectivity index (χ2n) is 9.01. The average Bonchev–Trinajstić information content (AvgIpc) is 3.13. The van der Waals surface area contributed by atoms with Crippen LogP contribution in [0.5, 0.6) is 0 Å². The average molecular weight is 421 g/mol. The fourth-order valence-corrected chi connectivity index (χ4v) is 4.38. The van der Waals surface area contributed by atoms with Crippen LogP contribution in [0.15, 0.2) is 24.6 Å². The van der Waals surface area contributed by atoms with Crippen molar-refractivity contribution in [2.24, 2.45) is 0 Å². The molecule has 0 bridgehead atoms. The summed E-state index contributed by atoms with van der Waals surface area (Å²) in [6.45, 7) is 8.76. The van der Waals surface area contributed by atoms with Gasteiger partial charge >= 0.3 is 0 Å². The predicted octanol–water partition coefficient (Wildman–Crippen LogP) is 6.40. The Morgan fingerprint density at radius 2 is 1.50 bits per heavy atom. The summed E-state index contributed by atoms with van der Waals surface area (Å²) in [6, 6.07) is 0. The van der Waals surface area contributed by atoms with Crippen LogP contribution < -0.4 is 10.6 Å². The van der Waals surface area contributed by atoms with Gasteiger partial charge in [-0.25, -0.2) is 0 Å². The molecule has 174 valence electrons. The van der Waals surface area contributed by atoms with Gasteiger partial charge in [-0.3, -0.25) is 9.28 Å². The third-order valence-electron chi connectivity index (χ3n) is 6.48. The summed E-state index contributed by atoms with van der Waals surface area (Å²) in [5.74, 6) is 0.0508. The van der Waals surface area contributed by atoms with E-state index in [0.717, 1.165) is 24.1 Å². The van der Waals surface area contributed by atoms with Gasteiger partial charge in [0, 0.05) is 6.92 Å². The van der Waals surface area contributed by atoms with E-state index in [9.17, 15) is 4.79 Å². The topological polar surface area (TPSA) is 41.1 Å². The number of unbranched alkanes of at least 4 members (excludes halogenated alkanes) is 13. The normalized spacial score (nSPS) is 20.7. The van der Waals surface area contributed by atoms with Crippen LogP contribution in [0, 0.1) is 0 Å². The van der Waals surface area contributed by atoms with Crippen LogP contribution in [0.1, 0.15) is 111 Å². The number of rotatable bonds is 19. The summed E-state index contributed by atoms with van der Waals surface area (Å²) in [4.78, 5) is 11.2. The van der Waals surface area contributed by atoms with E-state index >= 15 is 0 Å². The fraction of sp³-hybridized carbons (Fsp3) is 0.808. The van der Waals surface area contributed by atoms with Crippen LogP contribution in [0.3, 0.4) is 0 Å². The van der Waals surface area contributed by atoms with E-state index in [1.165, 1.54) is 89.9 Å². The number of hydrogen-bond donors (Lipinski definition) is 2. The van der Waals surface area contributed by atoms with Gasteiger partial charge in [-0.15, -0.1) is 0 Å². The lowest BCUT2D eigenvalue weighted by Gasteiger charge is -2.35. The Morgan fingerprint density at radius 3 is 2.03 bits per heavy atom. The van der Waals surface area contributed by atoms with Gasteiger partial charge in [0.2, 0.25) is 5.91 Å². The monoisotopic (exact) mass is 420 g/mol. The molecule has 2 unspecified atom stereocenters. The Hall–Kier alpha value is -1.29. The van der Waals surface area contributed by atoms with E-state index in [4.69, 9.17) is 0 Å². The molecule has 2 atom stereocenters. The number of carbonyl (C=O) groups excluding carboxylic acids is 1. The molecule has 0 saturated carbocycles. The zero-order valence-corrected chi connectivity index (χ0v) is 20.3. The van der Waals surface area contributed by atoms with E-state index in [0.29, 0.717) is 6.17 Å². The Bertz CT molecular complexity index is 489. The van der Waals surface area contributed by atoms with E-state index in [2.05, 4.69) is 49.0 Å². The van der Waals surface area contributed by atoms with Crippen molar-refractivity contribution in [3.05, 3.63) is 24.6 Å². The highest BCUT2D eigenvalue weighted by molar-refractivity contribution is 5.72. The molecule has 2 N–H and O–H groups in total. The Kier molecular flexibility index (Phi) is 15.5. The Labute approximate surface area is 187 Å². The van der Waals surface area contributed by atoms with Gasteiger partial charge < -0.3 is 10.6 Å². The first-order chi connectivity index (χ1) is 14.6. The molecular formula is C26H50N3O+. The Balaban J connectivity index is 2.03. The zero-order chi connectivity index (χ0) is 21.9. The largest absolute Gasteiger partial charge is 0.351 e. The number of carbonyl (C=O) groups is 1. The molecule has 4 heteroatoms. The maximum absolute atomic E-state index is 11.2. The maximum Gasteiger partial charge on any atom is 0.217 e. The number of nitrogens with one attached hydrogen (secondary N) is 2. The molecule has 1 rings (SSSR count). The highest BCUT2D eigenvalue weighted by Crippen LogP contribution is 2.19. The second-order valence-corrected chi connectivity index (χ2v) is 9.01. The van der Waals surface area contributed by atoms with Crippen molar-refractivity contribution in [3.63, 3.8) is 0 Å². The number of allylic oxidation sites excluding steroid dienone is 1. The van der Waals surface area contributed by atoms with Crippen LogP contribution in [-0.2, 0) is 4.79 Å². The molecule has 1 amide bonds. The molecule has 0 radical (unpaired) electrons. The van der Waals surface area contributed by atoms with Gasteiger partial charge in [-0.1, -0.05) is 90.0 Å². The van der Waals surface area contributed by atoms with E-state index < -0.39 is 0 Å². The maximum atomic E-state index is 11.2. The first kappa shape index (κ1) is 26.7. The van der Waals surface area contributed by atoms with Gasteiger partial charge in [0.15, 0.2) is 6.17 Å². The second kappa shape index (κ2) is 17.4. The quantitative estimate of drug-likeness (QED) is 0.144. The molecule has 1 aliphatic rings. The van der Waals surface area contributed by atoms with Gasteiger partial charge in [0.25, 0.3) is 0 Å². The minimum absolute atomic E-state index is 0.0508. The van der Waals surface area contributed by atoms with Crippen molar-refractivity contribution in [1.82, 2.24) is 10.6 Å². The number of amides is 1. The third-order valence-corrected chi connectivity index (χ3v) is 6.48. The van der Waals surface area contributed by atoms with Crippen LogP contribution >= 0.6 is 0 Å². The van der Waals surface area contributed by atoms with Gasteiger partial charge in [-0.05, 0) is 25.8 Å². The molecule has 0 spiro atoms. The first-order valence-electron chi connectivity index (χ1n) is 12.9. The number of nitrogens with zero attached hydrogens (tertiary/aromatic N) is 1. The Morgan fingerprint density at radius 1 is 0.933 bits per heavy atom. The molecule has 1 aliphatic heterocycles. The summed E-state index contributed by atoms with van der Waals surface area (Å²) >= 11 is 0. The highest BCUT2D eigenvalue weighted by atomic mass is 16.1. The first-order valence-corrected chi connectivity index (χ1v) is 12.9. The van der Waals surface area contributed by atoms with Gasteiger partial charge in [-0.2, -0.15) is 0 Å². The zero-order valence-electron chi connectivity index (χ0n) is 20.3. The van der Waals surface area contributed by atoms with Crippen LogP contribution in [0.25, 0.3) is 0 Å². The molecule has 1 heterocycles. The fourth-order valence-electron chi connectivity index (χ4n) is 4.38. The van der Waals surface area contributed by atoms with Crippen molar-refractivity contribution in [1.29, 1.82) is 0 Å². The van der Waals surface area contributed by atoms with Gasteiger partial charge in [0.1, 0.15) is 12.7 Å². The number of likely N-dealkylation sites (N-methyl/N-ethyl adjacent to an activating group) is 1. The van der Waals surface area contributed by atoms with E-state index in [1.54, 1.807) is 6.92 Å². The SMILES string of the molecule is CCCCCCCCCCCCCCC/C=C/C1NC=C[N+]1(CC)CCNC(C)=O. The summed E-state index contributed by atoms with van der Waals surface area (Å²) in [6.07, 6.45) is 28.8. The van der Waals surface area contributed by atoms with E-state index in [-0.39, 0.29) is 5.91 Å². The lowest BCUT2D eigenvalue weighted by molar-refractivity contribution is -0.891. The standard InChI is InChI=1S/C26H49N3O/c1-4-6-7-8-9-10-11-12-13-14-15-16-17-18-19-20-26-28-22-24-29(26,5-2)23-21-27-25(3)30/h19-20,22,24,26,28H,4-18,21,23H2,1-3H3/p+1/b20-19+. The van der Waals surface area contributed by atoms with Crippen molar-refractivity contribution < 1.29 is 9.28 Å². The molecule has 0 saturated heterocycles. The molecule has 0 aromatic rings. The lowest BCUT2D eigenvalue weighted by atomic mass is 10.0.